The number of pyridine rings is 1. The molecule has 0 saturated heterocycles. The van der Waals surface area contributed by atoms with Crippen LogP contribution in [-0.2, 0) is 6.54 Å². The van der Waals surface area contributed by atoms with Gasteiger partial charge in [0.15, 0.2) is 0 Å². The summed E-state index contributed by atoms with van der Waals surface area (Å²) >= 11 is 4.94. The predicted molar refractivity (Wildman–Crippen MR) is 76.7 cm³/mol. The minimum absolute atomic E-state index is 0.0350. The molecule has 0 bridgehead atoms. The van der Waals surface area contributed by atoms with E-state index in [0.717, 1.165) is 0 Å². The SMILES string of the molecule is CCN(Cc1cccs1)C(=O)c1cccc(Br)n1. The van der Waals surface area contributed by atoms with Crippen LogP contribution < -0.4 is 0 Å². The first-order valence-electron chi connectivity index (χ1n) is 5.65. The van der Waals surface area contributed by atoms with Crippen LogP contribution in [0.3, 0.4) is 0 Å². The van der Waals surface area contributed by atoms with Crippen LogP contribution in [0.25, 0.3) is 0 Å². The number of nitrogens with zero attached hydrogens (tertiary/aromatic N) is 2. The molecule has 2 aromatic heterocycles. The van der Waals surface area contributed by atoms with Gasteiger partial charge in [-0.1, -0.05) is 12.1 Å². The molecule has 2 rings (SSSR count). The molecule has 5 heteroatoms. The molecule has 3 nitrogen and oxygen atoms in total. The molecule has 0 N–H and O–H groups in total. The van der Waals surface area contributed by atoms with E-state index in [0.29, 0.717) is 23.4 Å². The maximum Gasteiger partial charge on any atom is 0.272 e. The topological polar surface area (TPSA) is 33.2 Å². The van der Waals surface area contributed by atoms with Gasteiger partial charge in [0.2, 0.25) is 0 Å². The summed E-state index contributed by atoms with van der Waals surface area (Å²) in [7, 11) is 0. The average molecular weight is 325 g/mol. The number of halogens is 1. The van der Waals surface area contributed by atoms with E-state index in [-0.39, 0.29) is 5.91 Å². The molecule has 0 aromatic carbocycles. The summed E-state index contributed by atoms with van der Waals surface area (Å²) in [6.07, 6.45) is 0. The smallest absolute Gasteiger partial charge is 0.272 e. The summed E-state index contributed by atoms with van der Waals surface area (Å²) in [6.45, 7) is 3.29. The molecule has 0 radical (unpaired) electrons. The zero-order chi connectivity index (χ0) is 13.0. The van der Waals surface area contributed by atoms with Crippen LogP contribution in [0, 0.1) is 0 Å². The Morgan fingerprint density at radius 3 is 2.83 bits per heavy atom. The van der Waals surface area contributed by atoms with Gasteiger partial charge < -0.3 is 4.90 Å². The first-order valence-corrected chi connectivity index (χ1v) is 7.32. The standard InChI is InChI=1S/C13H13BrN2OS/c1-2-16(9-10-5-4-8-18-10)13(17)11-6-3-7-12(14)15-11/h3-8H,2,9H2,1H3. The fourth-order valence-electron chi connectivity index (χ4n) is 1.61. The molecule has 2 heterocycles. The maximum atomic E-state index is 12.3. The second-order valence-electron chi connectivity index (χ2n) is 3.74. The molecule has 0 aliphatic rings. The summed E-state index contributed by atoms with van der Waals surface area (Å²) in [5.41, 5.74) is 0.475. The van der Waals surface area contributed by atoms with Crippen LogP contribution in [0.15, 0.2) is 40.3 Å². The van der Waals surface area contributed by atoms with Crippen molar-refractivity contribution in [3.63, 3.8) is 0 Å². The minimum Gasteiger partial charge on any atom is -0.332 e. The molecule has 0 saturated carbocycles. The van der Waals surface area contributed by atoms with Crippen molar-refractivity contribution in [3.05, 3.63) is 50.9 Å². The zero-order valence-corrected chi connectivity index (χ0v) is 12.4. The molecule has 2 aromatic rings. The van der Waals surface area contributed by atoms with Crippen LogP contribution in [0.4, 0.5) is 0 Å². The maximum absolute atomic E-state index is 12.3. The molecule has 0 spiro atoms. The highest BCUT2D eigenvalue weighted by Crippen LogP contribution is 2.14. The summed E-state index contributed by atoms with van der Waals surface area (Å²) in [4.78, 5) is 19.5. The minimum atomic E-state index is -0.0350. The number of hydrogen-bond donors (Lipinski definition) is 0. The van der Waals surface area contributed by atoms with E-state index in [2.05, 4.69) is 20.9 Å². The van der Waals surface area contributed by atoms with Gasteiger partial charge >= 0.3 is 0 Å². The third-order valence-electron chi connectivity index (χ3n) is 2.53. The highest BCUT2D eigenvalue weighted by atomic mass is 79.9. The number of thiophene rings is 1. The summed E-state index contributed by atoms with van der Waals surface area (Å²) in [5.74, 6) is -0.0350. The zero-order valence-electron chi connectivity index (χ0n) is 9.97. The number of carbonyl (C=O) groups is 1. The Labute approximate surface area is 119 Å². The Hall–Kier alpha value is -1.20. The normalized spacial score (nSPS) is 10.3. The van der Waals surface area contributed by atoms with E-state index in [1.165, 1.54) is 4.88 Å². The van der Waals surface area contributed by atoms with E-state index in [9.17, 15) is 4.79 Å². The van der Waals surface area contributed by atoms with Crippen molar-refractivity contribution in [2.75, 3.05) is 6.54 Å². The molecule has 0 atom stereocenters. The van der Waals surface area contributed by atoms with Gasteiger partial charge in [-0.2, -0.15) is 0 Å². The van der Waals surface area contributed by atoms with Crippen LogP contribution in [-0.4, -0.2) is 22.3 Å². The quantitative estimate of drug-likeness (QED) is 0.805. The lowest BCUT2D eigenvalue weighted by Crippen LogP contribution is -2.30. The second-order valence-corrected chi connectivity index (χ2v) is 5.59. The molecule has 18 heavy (non-hydrogen) atoms. The highest BCUT2D eigenvalue weighted by molar-refractivity contribution is 9.10. The van der Waals surface area contributed by atoms with Gasteiger partial charge in [0.25, 0.3) is 5.91 Å². The van der Waals surface area contributed by atoms with Gasteiger partial charge in [-0.05, 0) is 46.4 Å². The van der Waals surface area contributed by atoms with Gasteiger partial charge in [0, 0.05) is 11.4 Å². The Balaban J connectivity index is 2.15. The number of aromatic nitrogens is 1. The van der Waals surface area contributed by atoms with Crippen LogP contribution in [0.1, 0.15) is 22.3 Å². The molecule has 0 fully saturated rings. The number of carbonyl (C=O) groups excluding carboxylic acids is 1. The lowest BCUT2D eigenvalue weighted by atomic mass is 10.3. The lowest BCUT2D eigenvalue weighted by Gasteiger charge is -2.19. The average Bonchev–Trinajstić information content (AvgIpc) is 2.88. The van der Waals surface area contributed by atoms with Gasteiger partial charge in [-0.15, -0.1) is 11.3 Å². The highest BCUT2D eigenvalue weighted by Gasteiger charge is 2.16. The van der Waals surface area contributed by atoms with Crippen molar-refractivity contribution in [3.8, 4) is 0 Å². The van der Waals surface area contributed by atoms with Gasteiger partial charge in [-0.3, -0.25) is 4.79 Å². The first-order chi connectivity index (χ1) is 8.70. The van der Waals surface area contributed by atoms with E-state index in [1.54, 1.807) is 22.3 Å². The molecule has 1 amide bonds. The Kier molecular flexibility index (Phi) is 4.49. The molecule has 0 aliphatic carbocycles. The fraction of sp³-hybridized carbons (Fsp3) is 0.231. The Bertz CT molecular complexity index is 528. The second kappa shape index (κ2) is 6.11. The van der Waals surface area contributed by atoms with Crippen LogP contribution in [0.2, 0.25) is 0 Å². The fourth-order valence-corrected chi connectivity index (χ4v) is 2.67. The molecule has 0 aliphatic heterocycles. The molecular formula is C13H13BrN2OS. The summed E-state index contributed by atoms with van der Waals surface area (Å²) in [5, 5.41) is 2.02. The van der Waals surface area contributed by atoms with E-state index in [4.69, 9.17) is 0 Å². The number of amides is 1. The van der Waals surface area contributed by atoms with Crippen molar-refractivity contribution >= 4 is 33.2 Å². The van der Waals surface area contributed by atoms with Gasteiger partial charge in [-0.25, -0.2) is 4.98 Å². The molecule has 94 valence electrons. The van der Waals surface area contributed by atoms with E-state index >= 15 is 0 Å². The van der Waals surface area contributed by atoms with Crippen LogP contribution >= 0.6 is 27.3 Å². The van der Waals surface area contributed by atoms with Crippen molar-refractivity contribution in [2.24, 2.45) is 0 Å². The summed E-state index contributed by atoms with van der Waals surface area (Å²) < 4.78 is 0.681. The Morgan fingerprint density at radius 1 is 1.39 bits per heavy atom. The number of hydrogen-bond acceptors (Lipinski definition) is 3. The number of rotatable bonds is 4. The lowest BCUT2D eigenvalue weighted by molar-refractivity contribution is 0.0748. The van der Waals surface area contributed by atoms with Crippen LogP contribution in [0.5, 0.6) is 0 Å². The van der Waals surface area contributed by atoms with Gasteiger partial charge in [0.05, 0.1) is 6.54 Å². The molecular weight excluding hydrogens is 312 g/mol. The molecule has 0 unspecified atom stereocenters. The predicted octanol–water partition coefficient (Wildman–Crippen LogP) is 3.57. The van der Waals surface area contributed by atoms with Crippen molar-refractivity contribution in [1.29, 1.82) is 0 Å². The van der Waals surface area contributed by atoms with E-state index in [1.807, 2.05) is 36.6 Å². The van der Waals surface area contributed by atoms with Crippen molar-refractivity contribution < 1.29 is 4.79 Å². The third kappa shape index (κ3) is 3.17. The van der Waals surface area contributed by atoms with E-state index < -0.39 is 0 Å². The largest absolute Gasteiger partial charge is 0.332 e. The van der Waals surface area contributed by atoms with Gasteiger partial charge in [0.1, 0.15) is 10.3 Å². The monoisotopic (exact) mass is 324 g/mol. The van der Waals surface area contributed by atoms with Crippen molar-refractivity contribution in [2.45, 2.75) is 13.5 Å². The third-order valence-corrected chi connectivity index (χ3v) is 3.83. The Morgan fingerprint density at radius 2 is 2.22 bits per heavy atom. The first kappa shape index (κ1) is 13.2. The summed E-state index contributed by atoms with van der Waals surface area (Å²) in [6, 6.07) is 9.41. The van der Waals surface area contributed by atoms with Crippen molar-refractivity contribution in [1.82, 2.24) is 9.88 Å².